The molecule has 4 nitrogen and oxygen atoms in total. The van der Waals surface area contributed by atoms with Crippen molar-refractivity contribution in [3.63, 3.8) is 0 Å². The number of nitrogen functional groups attached to an aromatic ring is 1. The summed E-state index contributed by atoms with van der Waals surface area (Å²) < 4.78 is 60.7. The molecule has 0 bridgehead atoms. The first-order chi connectivity index (χ1) is 8.04. The highest BCUT2D eigenvalue weighted by atomic mass is 32.2. The Morgan fingerprint density at radius 1 is 1.33 bits per heavy atom. The molecule has 1 aromatic carbocycles. The summed E-state index contributed by atoms with van der Waals surface area (Å²) in [5, 5.41) is 0. The molecule has 0 fully saturated rings. The molecule has 18 heavy (non-hydrogen) atoms. The summed E-state index contributed by atoms with van der Waals surface area (Å²) in [6, 6.07) is 3.93. The molecule has 0 spiro atoms. The molecule has 0 heterocycles. The van der Waals surface area contributed by atoms with E-state index in [4.69, 9.17) is 5.73 Å². The number of sulfonamides is 1. The third kappa shape index (κ3) is 3.36. The monoisotopic (exact) mass is 282 g/mol. The fourth-order valence-electron chi connectivity index (χ4n) is 1.47. The summed E-state index contributed by atoms with van der Waals surface area (Å²) >= 11 is 0. The van der Waals surface area contributed by atoms with Gasteiger partial charge in [-0.3, -0.25) is 0 Å². The third-order valence-corrected chi connectivity index (χ3v) is 4.25. The van der Waals surface area contributed by atoms with Crippen LogP contribution in [0.2, 0.25) is 0 Å². The summed E-state index contributed by atoms with van der Waals surface area (Å²) in [6.45, 7) is -0.0518. The van der Waals surface area contributed by atoms with Crippen LogP contribution in [0.4, 0.5) is 18.9 Å². The van der Waals surface area contributed by atoms with E-state index in [1.165, 1.54) is 25.1 Å². The van der Waals surface area contributed by atoms with E-state index in [2.05, 4.69) is 0 Å². The van der Waals surface area contributed by atoms with Crippen LogP contribution in [0, 0.1) is 6.92 Å². The van der Waals surface area contributed by atoms with Crippen molar-refractivity contribution in [2.24, 2.45) is 0 Å². The van der Waals surface area contributed by atoms with Crippen LogP contribution in [0.5, 0.6) is 0 Å². The minimum Gasteiger partial charge on any atom is -0.399 e. The Bertz CT molecular complexity index is 541. The Balaban J connectivity index is 3.14. The van der Waals surface area contributed by atoms with E-state index in [1.54, 1.807) is 0 Å². The van der Waals surface area contributed by atoms with Gasteiger partial charge in [0.15, 0.2) is 0 Å². The third-order valence-electron chi connectivity index (χ3n) is 2.29. The van der Waals surface area contributed by atoms with Crippen molar-refractivity contribution in [3.05, 3.63) is 23.8 Å². The maximum Gasteiger partial charge on any atom is 0.402 e. The number of anilines is 1. The van der Waals surface area contributed by atoms with E-state index in [0.29, 0.717) is 11.3 Å². The lowest BCUT2D eigenvalue weighted by atomic mass is 10.2. The Morgan fingerprint density at radius 2 is 1.89 bits per heavy atom. The Kier molecular flexibility index (Phi) is 3.92. The van der Waals surface area contributed by atoms with Gasteiger partial charge in [-0.25, -0.2) is 8.42 Å². The quantitative estimate of drug-likeness (QED) is 0.859. The lowest BCUT2D eigenvalue weighted by molar-refractivity contribution is -0.134. The van der Waals surface area contributed by atoms with Crippen LogP contribution in [-0.4, -0.2) is 32.5 Å². The predicted molar refractivity (Wildman–Crippen MR) is 61.5 cm³/mol. The van der Waals surface area contributed by atoms with E-state index in [0.717, 1.165) is 7.05 Å². The molecule has 0 radical (unpaired) electrons. The van der Waals surface area contributed by atoms with Gasteiger partial charge < -0.3 is 5.73 Å². The first kappa shape index (κ1) is 14.8. The van der Waals surface area contributed by atoms with Crippen molar-refractivity contribution in [3.8, 4) is 0 Å². The number of hydrogen-bond acceptors (Lipinski definition) is 3. The largest absolute Gasteiger partial charge is 0.402 e. The molecule has 0 unspecified atom stereocenters. The van der Waals surface area contributed by atoms with Gasteiger partial charge in [0.1, 0.15) is 6.54 Å². The van der Waals surface area contributed by atoms with Gasteiger partial charge in [0.2, 0.25) is 10.0 Å². The van der Waals surface area contributed by atoms with E-state index in [1.807, 2.05) is 0 Å². The van der Waals surface area contributed by atoms with E-state index >= 15 is 0 Å². The highest BCUT2D eigenvalue weighted by Gasteiger charge is 2.35. The maximum atomic E-state index is 12.2. The molecule has 1 rings (SSSR count). The molecular weight excluding hydrogens is 269 g/mol. The molecule has 2 N–H and O–H groups in total. The molecule has 1 aromatic rings. The van der Waals surface area contributed by atoms with Gasteiger partial charge in [-0.05, 0) is 30.7 Å². The number of nitrogens with two attached hydrogens (primary N) is 1. The zero-order chi connectivity index (χ0) is 14.1. The van der Waals surface area contributed by atoms with Crippen LogP contribution in [0.1, 0.15) is 5.56 Å². The van der Waals surface area contributed by atoms with Gasteiger partial charge in [-0.2, -0.15) is 17.5 Å². The molecule has 0 amide bonds. The minimum atomic E-state index is -4.58. The van der Waals surface area contributed by atoms with E-state index in [-0.39, 0.29) is 9.20 Å². The van der Waals surface area contributed by atoms with Crippen LogP contribution >= 0.6 is 0 Å². The Hall–Kier alpha value is -1.28. The van der Waals surface area contributed by atoms with Crippen molar-refractivity contribution in [1.82, 2.24) is 4.31 Å². The standard InChI is InChI=1S/C10H13F3N2O2S/c1-7-5-8(14)3-4-9(7)18(16,17)15(2)6-10(11,12)13/h3-5H,6,14H2,1-2H3. The first-order valence-corrected chi connectivity index (χ1v) is 6.37. The number of nitrogens with zero attached hydrogens (tertiary/aromatic N) is 1. The molecule has 0 aliphatic rings. The van der Waals surface area contributed by atoms with Crippen LogP contribution in [0.15, 0.2) is 23.1 Å². The molecule has 0 saturated heterocycles. The summed E-state index contributed by atoms with van der Waals surface area (Å²) in [7, 11) is -3.27. The summed E-state index contributed by atoms with van der Waals surface area (Å²) in [4.78, 5) is -0.177. The molecular formula is C10H13F3N2O2S. The molecule has 0 aromatic heterocycles. The van der Waals surface area contributed by atoms with Crippen molar-refractivity contribution in [2.45, 2.75) is 18.0 Å². The van der Waals surface area contributed by atoms with Gasteiger partial charge in [-0.1, -0.05) is 0 Å². The average molecular weight is 282 g/mol. The second kappa shape index (κ2) is 4.77. The van der Waals surface area contributed by atoms with Crippen molar-refractivity contribution >= 4 is 15.7 Å². The lowest BCUT2D eigenvalue weighted by Crippen LogP contribution is -2.36. The van der Waals surface area contributed by atoms with Crippen LogP contribution in [0.25, 0.3) is 0 Å². The van der Waals surface area contributed by atoms with Gasteiger partial charge in [0.05, 0.1) is 4.90 Å². The van der Waals surface area contributed by atoms with Gasteiger partial charge >= 0.3 is 6.18 Å². The van der Waals surface area contributed by atoms with Crippen LogP contribution < -0.4 is 5.73 Å². The number of aryl methyl sites for hydroxylation is 1. The van der Waals surface area contributed by atoms with Gasteiger partial charge in [-0.15, -0.1) is 0 Å². The Labute approximate surface area is 103 Å². The number of benzene rings is 1. The topological polar surface area (TPSA) is 63.4 Å². The number of alkyl halides is 3. The molecule has 0 saturated carbocycles. The Morgan fingerprint density at radius 3 is 2.33 bits per heavy atom. The average Bonchev–Trinajstić information content (AvgIpc) is 2.13. The van der Waals surface area contributed by atoms with Crippen molar-refractivity contribution in [2.75, 3.05) is 19.3 Å². The van der Waals surface area contributed by atoms with Gasteiger partial charge in [0.25, 0.3) is 0 Å². The molecule has 0 aliphatic heterocycles. The van der Waals surface area contributed by atoms with E-state index in [9.17, 15) is 21.6 Å². The highest BCUT2D eigenvalue weighted by Crippen LogP contribution is 2.24. The van der Waals surface area contributed by atoms with Gasteiger partial charge in [0, 0.05) is 12.7 Å². The van der Waals surface area contributed by atoms with Crippen molar-refractivity contribution < 1.29 is 21.6 Å². The summed E-state index contributed by atoms with van der Waals surface area (Å²) in [5.74, 6) is 0. The number of rotatable bonds is 3. The maximum absolute atomic E-state index is 12.2. The first-order valence-electron chi connectivity index (χ1n) is 4.93. The zero-order valence-electron chi connectivity index (χ0n) is 9.82. The highest BCUT2D eigenvalue weighted by molar-refractivity contribution is 7.89. The normalized spacial score (nSPS) is 13.0. The summed E-state index contributed by atoms with van der Waals surface area (Å²) in [5.41, 5.74) is 6.12. The molecule has 0 atom stereocenters. The molecule has 0 aliphatic carbocycles. The van der Waals surface area contributed by atoms with Crippen LogP contribution in [-0.2, 0) is 10.0 Å². The van der Waals surface area contributed by atoms with Crippen molar-refractivity contribution in [1.29, 1.82) is 0 Å². The zero-order valence-corrected chi connectivity index (χ0v) is 10.6. The number of halogens is 3. The fraction of sp³-hybridized carbons (Fsp3) is 0.400. The predicted octanol–water partition coefficient (Wildman–Crippen LogP) is 1.76. The minimum absolute atomic E-state index is 0.177. The fourth-order valence-corrected chi connectivity index (χ4v) is 2.83. The molecule has 102 valence electrons. The SMILES string of the molecule is Cc1cc(N)ccc1S(=O)(=O)N(C)CC(F)(F)F. The lowest BCUT2D eigenvalue weighted by Gasteiger charge is -2.20. The summed E-state index contributed by atoms with van der Waals surface area (Å²) in [6.07, 6.45) is -4.58. The second-order valence-corrected chi connectivity index (χ2v) is 5.91. The number of hydrogen-bond donors (Lipinski definition) is 1. The smallest absolute Gasteiger partial charge is 0.399 e. The van der Waals surface area contributed by atoms with E-state index < -0.39 is 22.7 Å². The van der Waals surface area contributed by atoms with Crippen LogP contribution in [0.3, 0.4) is 0 Å². The molecule has 8 heteroatoms. The second-order valence-electron chi connectivity index (χ2n) is 3.90.